The van der Waals surface area contributed by atoms with Crippen LogP contribution in [0.4, 0.5) is 0 Å². The number of ether oxygens (including phenoxy) is 1. The quantitative estimate of drug-likeness (QED) is 0.421. The van der Waals surface area contributed by atoms with Crippen molar-refractivity contribution in [3.63, 3.8) is 0 Å². The fourth-order valence-corrected chi connectivity index (χ4v) is 7.33. The van der Waals surface area contributed by atoms with Gasteiger partial charge in [0.15, 0.2) is 18.2 Å². The van der Waals surface area contributed by atoms with E-state index in [1.54, 1.807) is 6.08 Å². The molecule has 5 nitrogen and oxygen atoms in total. The second-order valence-corrected chi connectivity index (χ2v) is 11.3. The van der Waals surface area contributed by atoms with Crippen LogP contribution in [0.25, 0.3) is 0 Å². The number of hydrogen-bond donors (Lipinski definition) is 0. The first-order valence-electron chi connectivity index (χ1n) is 12.3. The van der Waals surface area contributed by atoms with Gasteiger partial charge in [-0.1, -0.05) is 44.1 Å². The predicted molar refractivity (Wildman–Crippen MR) is 125 cm³/mol. The Kier molecular flexibility index (Phi) is 5.91. The van der Waals surface area contributed by atoms with Gasteiger partial charge in [-0.2, -0.15) is 0 Å². The van der Waals surface area contributed by atoms with Crippen LogP contribution in [-0.4, -0.2) is 29.9 Å². The van der Waals surface area contributed by atoms with Gasteiger partial charge in [-0.25, -0.2) is 0 Å². The first-order chi connectivity index (χ1) is 15.4. The minimum atomic E-state index is -0.587. The normalized spacial score (nSPS) is 39.1. The summed E-state index contributed by atoms with van der Waals surface area (Å²) in [5.41, 5.74) is 1.62. The summed E-state index contributed by atoms with van der Waals surface area (Å²) < 4.78 is 5.30. The van der Waals surface area contributed by atoms with Gasteiger partial charge in [-0.05, 0) is 74.9 Å². The summed E-state index contributed by atoms with van der Waals surface area (Å²) >= 11 is 0. The molecule has 2 fully saturated rings. The summed E-state index contributed by atoms with van der Waals surface area (Å²) in [5.74, 6) is 0.450. The molecule has 33 heavy (non-hydrogen) atoms. The van der Waals surface area contributed by atoms with E-state index in [1.165, 1.54) is 18.1 Å². The SMILES string of the molecule is CC(=O)CCC(=O)OCC(=O)[C@@]1(C)[C@H](C)CC2C3CCC4=CC(=O)C=C[C@]4(C)C3=CC[C@@]21C. The van der Waals surface area contributed by atoms with Gasteiger partial charge in [0, 0.05) is 17.3 Å². The molecule has 178 valence electrons. The number of fused-ring (bicyclic) bond motifs is 5. The molecule has 0 heterocycles. The highest BCUT2D eigenvalue weighted by atomic mass is 16.5. The van der Waals surface area contributed by atoms with Crippen molar-refractivity contribution < 1.29 is 23.9 Å². The van der Waals surface area contributed by atoms with Crippen molar-refractivity contribution in [2.75, 3.05) is 6.61 Å². The molecular weight excluding hydrogens is 416 g/mol. The molecule has 2 unspecified atom stereocenters. The number of allylic oxidation sites excluding steroid dienone is 6. The molecule has 0 spiro atoms. The lowest BCUT2D eigenvalue weighted by molar-refractivity contribution is -0.155. The third-order valence-electron chi connectivity index (χ3n) is 9.74. The Bertz CT molecular complexity index is 1000. The number of Topliss-reactive ketones (excluding diaryl/α,β-unsaturated/α-hetero) is 2. The standard InChI is InChI=1S/C28H36O5/c1-17-14-23-21-8-7-19-15-20(30)10-12-26(19,3)22(21)11-13-27(23,4)28(17,5)24(31)16-33-25(32)9-6-18(2)29/h10-12,15,17,21,23H,6-9,13-14,16H2,1-5H3/t17-,21?,23?,26+,27+,28-/m1/s1. The maximum Gasteiger partial charge on any atom is 0.306 e. The molecule has 4 rings (SSSR count). The van der Waals surface area contributed by atoms with Gasteiger partial charge in [0.05, 0.1) is 6.42 Å². The molecule has 4 aliphatic carbocycles. The minimum Gasteiger partial charge on any atom is -0.458 e. The van der Waals surface area contributed by atoms with Crippen molar-refractivity contribution >= 4 is 23.3 Å². The van der Waals surface area contributed by atoms with E-state index in [4.69, 9.17) is 4.74 Å². The maximum absolute atomic E-state index is 13.5. The Morgan fingerprint density at radius 3 is 2.58 bits per heavy atom. The Hall–Kier alpha value is -2.30. The van der Waals surface area contributed by atoms with E-state index in [2.05, 4.69) is 39.8 Å². The molecule has 0 N–H and O–H groups in total. The first-order valence-corrected chi connectivity index (χ1v) is 12.3. The molecule has 0 amide bonds. The third kappa shape index (κ3) is 3.59. The van der Waals surface area contributed by atoms with Crippen molar-refractivity contribution in [2.45, 2.75) is 73.1 Å². The molecule has 0 aromatic heterocycles. The lowest BCUT2D eigenvalue weighted by Crippen LogP contribution is -2.51. The topological polar surface area (TPSA) is 77.5 Å². The molecule has 2 saturated carbocycles. The van der Waals surface area contributed by atoms with Crippen molar-refractivity contribution in [3.8, 4) is 0 Å². The smallest absolute Gasteiger partial charge is 0.306 e. The molecule has 4 aliphatic rings. The first kappa shape index (κ1) is 23.8. The molecule has 0 saturated heterocycles. The van der Waals surface area contributed by atoms with Crippen LogP contribution in [0.2, 0.25) is 0 Å². The number of ketones is 3. The van der Waals surface area contributed by atoms with Gasteiger partial charge < -0.3 is 9.53 Å². The maximum atomic E-state index is 13.5. The van der Waals surface area contributed by atoms with Crippen LogP contribution in [0.1, 0.15) is 73.1 Å². The summed E-state index contributed by atoms with van der Waals surface area (Å²) in [7, 11) is 0. The van der Waals surface area contributed by atoms with E-state index in [1.807, 2.05) is 6.08 Å². The van der Waals surface area contributed by atoms with Crippen LogP contribution in [-0.2, 0) is 23.9 Å². The van der Waals surface area contributed by atoms with Crippen molar-refractivity contribution in [3.05, 3.63) is 35.5 Å². The highest BCUT2D eigenvalue weighted by molar-refractivity contribution is 6.01. The van der Waals surface area contributed by atoms with Gasteiger partial charge in [-0.3, -0.25) is 14.4 Å². The zero-order chi connectivity index (χ0) is 24.2. The van der Waals surface area contributed by atoms with Crippen LogP contribution in [0.3, 0.4) is 0 Å². The summed E-state index contributed by atoms with van der Waals surface area (Å²) in [4.78, 5) is 48.7. The second-order valence-electron chi connectivity index (χ2n) is 11.3. The van der Waals surface area contributed by atoms with Crippen molar-refractivity contribution in [1.29, 1.82) is 0 Å². The van der Waals surface area contributed by atoms with Crippen molar-refractivity contribution in [2.24, 2.45) is 34.0 Å². The average molecular weight is 453 g/mol. The Balaban J connectivity index is 1.58. The van der Waals surface area contributed by atoms with Gasteiger partial charge in [-0.15, -0.1) is 0 Å². The lowest BCUT2D eigenvalue weighted by Gasteiger charge is -2.54. The molecule has 0 bridgehead atoms. The predicted octanol–water partition coefficient (Wildman–Crippen LogP) is 4.95. The van der Waals surface area contributed by atoms with E-state index in [0.29, 0.717) is 11.8 Å². The van der Waals surface area contributed by atoms with Crippen LogP contribution in [0.5, 0.6) is 0 Å². The highest BCUT2D eigenvalue weighted by Gasteiger charge is 2.65. The monoisotopic (exact) mass is 452 g/mol. The third-order valence-corrected chi connectivity index (χ3v) is 9.74. The summed E-state index contributed by atoms with van der Waals surface area (Å²) in [6.07, 6.45) is 11.8. The molecule has 0 aromatic rings. The van der Waals surface area contributed by atoms with Gasteiger partial charge in [0.25, 0.3) is 0 Å². The molecule has 5 heteroatoms. The van der Waals surface area contributed by atoms with Crippen LogP contribution in [0, 0.1) is 34.0 Å². The number of esters is 1. The zero-order valence-corrected chi connectivity index (χ0v) is 20.5. The van der Waals surface area contributed by atoms with Gasteiger partial charge in [0.2, 0.25) is 0 Å². The number of carbonyl (C=O) groups excluding carboxylic acids is 4. The average Bonchev–Trinajstić information content (AvgIpc) is 2.98. The molecule has 0 aromatic carbocycles. The zero-order valence-electron chi connectivity index (χ0n) is 20.5. The van der Waals surface area contributed by atoms with Crippen molar-refractivity contribution in [1.82, 2.24) is 0 Å². The Morgan fingerprint density at radius 1 is 1.15 bits per heavy atom. The summed E-state index contributed by atoms with van der Waals surface area (Å²) in [5, 5.41) is 0. The number of rotatable bonds is 6. The van der Waals surface area contributed by atoms with Crippen LogP contribution in [0.15, 0.2) is 35.5 Å². The second kappa shape index (κ2) is 8.18. The molecule has 6 atom stereocenters. The van der Waals surface area contributed by atoms with E-state index in [9.17, 15) is 19.2 Å². The summed E-state index contributed by atoms with van der Waals surface area (Å²) in [6.45, 7) is 9.92. The van der Waals surface area contributed by atoms with E-state index in [-0.39, 0.29) is 53.5 Å². The van der Waals surface area contributed by atoms with Crippen LogP contribution < -0.4 is 0 Å². The molecule has 0 radical (unpaired) electrons. The highest BCUT2D eigenvalue weighted by Crippen LogP contribution is 2.69. The molecule has 0 aliphatic heterocycles. The largest absolute Gasteiger partial charge is 0.458 e. The van der Waals surface area contributed by atoms with Gasteiger partial charge >= 0.3 is 5.97 Å². The van der Waals surface area contributed by atoms with E-state index >= 15 is 0 Å². The minimum absolute atomic E-state index is 0.0150. The van der Waals surface area contributed by atoms with E-state index in [0.717, 1.165) is 25.7 Å². The Morgan fingerprint density at radius 2 is 1.88 bits per heavy atom. The fourth-order valence-electron chi connectivity index (χ4n) is 7.33. The number of hydrogen-bond acceptors (Lipinski definition) is 5. The lowest BCUT2D eigenvalue weighted by atomic mass is 9.49. The Labute approximate surface area is 196 Å². The van der Waals surface area contributed by atoms with E-state index < -0.39 is 11.4 Å². The number of carbonyl (C=O) groups is 4. The summed E-state index contributed by atoms with van der Waals surface area (Å²) in [6, 6.07) is 0. The molecular formula is C28H36O5. The van der Waals surface area contributed by atoms with Crippen LogP contribution >= 0.6 is 0 Å². The van der Waals surface area contributed by atoms with Gasteiger partial charge in [0.1, 0.15) is 5.78 Å². The fraction of sp³-hybridized carbons (Fsp3) is 0.643.